The van der Waals surface area contributed by atoms with Gasteiger partial charge in [-0.05, 0) is 29.8 Å². The maximum atomic E-state index is 13.7. The number of methoxy groups -OCH3 is 1. The molecular formula is C26H25ClN2O6. The summed E-state index contributed by atoms with van der Waals surface area (Å²) >= 11 is 6.09. The number of ether oxygens (including phenoxy) is 2. The standard InChI is InChI=1S/C26H25ClN2O6/c1-33-19-4-2-3-17-15-20(35-25(17)19)23(30)21-22(16-5-7-18(27)8-6-16)29(26(32)24(21)31)10-9-28-11-13-34-14-12-28/h2-8,15,22,31H,9-14H2,1H3/t22-/m1/s1. The number of Topliss-reactive ketones (excluding diaryl/α,β-unsaturated/α-hetero) is 1. The lowest BCUT2D eigenvalue weighted by atomic mass is 9.95. The highest BCUT2D eigenvalue weighted by atomic mass is 35.5. The molecular weight excluding hydrogens is 472 g/mol. The van der Waals surface area contributed by atoms with Gasteiger partial charge in [-0.2, -0.15) is 0 Å². The number of aliphatic hydroxyl groups is 1. The first kappa shape index (κ1) is 23.4. The smallest absolute Gasteiger partial charge is 0.290 e. The van der Waals surface area contributed by atoms with Crippen molar-refractivity contribution in [1.82, 2.24) is 9.80 Å². The third-order valence-electron chi connectivity index (χ3n) is 6.45. The van der Waals surface area contributed by atoms with Gasteiger partial charge in [-0.3, -0.25) is 14.5 Å². The van der Waals surface area contributed by atoms with E-state index in [0.29, 0.717) is 53.6 Å². The molecule has 8 nitrogen and oxygen atoms in total. The summed E-state index contributed by atoms with van der Waals surface area (Å²) in [7, 11) is 1.52. The number of furan rings is 1. The number of para-hydroxylation sites is 1. The summed E-state index contributed by atoms with van der Waals surface area (Å²) in [5.74, 6) is -1.20. The summed E-state index contributed by atoms with van der Waals surface area (Å²) in [5.41, 5.74) is 1.08. The number of hydrogen-bond donors (Lipinski definition) is 1. The lowest BCUT2D eigenvalue weighted by molar-refractivity contribution is -0.129. The second kappa shape index (κ2) is 9.73. The molecule has 0 aliphatic carbocycles. The van der Waals surface area contributed by atoms with Crippen molar-refractivity contribution >= 4 is 34.3 Å². The number of hydrogen-bond acceptors (Lipinski definition) is 7. The average molecular weight is 497 g/mol. The van der Waals surface area contributed by atoms with Crippen LogP contribution >= 0.6 is 11.6 Å². The number of amides is 1. The molecule has 3 heterocycles. The number of rotatable bonds is 7. The van der Waals surface area contributed by atoms with Crippen LogP contribution in [0.5, 0.6) is 5.75 Å². The van der Waals surface area contributed by atoms with Gasteiger partial charge in [0.25, 0.3) is 5.91 Å². The van der Waals surface area contributed by atoms with Gasteiger partial charge in [0.2, 0.25) is 5.78 Å². The van der Waals surface area contributed by atoms with Crippen LogP contribution in [0.15, 0.2) is 64.3 Å². The van der Waals surface area contributed by atoms with Gasteiger partial charge in [0, 0.05) is 36.6 Å². The molecule has 0 unspecified atom stereocenters. The molecule has 0 radical (unpaired) electrons. The number of carbonyl (C=O) groups excluding carboxylic acids is 2. The van der Waals surface area contributed by atoms with E-state index in [0.717, 1.165) is 13.1 Å². The Morgan fingerprint density at radius 2 is 1.89 bits per heavy atom. The fraction of sp³-hybridized carbons (Fsp3) is 0.308. The van der Waals surface area contributed by atoms with Crippen LogP contribution in [-0.4, -0.2) is 73.1 Å². The molecule has 3 aromatic rings. The first-order chi connectivity index (χ1) is 17.0. The number of morpholine rings is 1. The van der Waals surface area contributed by atoms with Crippen molar-refractivity contribution in [2.24, 2.45) is 0 Å². The topological polar surface area (TPSA) is 92.5 Å². The summed E-state index contributed by atoms with van der Waals surface area (Å²) in [6.07, 6.45) is 0. The highest BCUT2D eigenvalue weighted by Gasteiger charge is 2.44. The van der Waals surface area contributed by atoms with E-state index in [1.165, 1.54) is 12.0 Å². The van der Waals surface area contributed by atoms with Gasteiger partial charge in [-0.25, -0.2) is 0 Å². The van der Waals surface area contributed by atoms with Crippen LogP contribution < -0.4 is 4.74 Å². The normalized spacial score (nSPS) is 19.1. The Kier molecular flexibility index (Phi) is 6.51. The summed E-state index contributed by atoms with van der Waals surface area (Å²) in [6, 6.07) is 13.1. The molecule has 0 bridgehead atoms. The Labute approximate surface area is 207 Å². The molecule has 9 heteroatoms. The molecule has 1 amide bonds. The lowest BCUT2D eigenvalue weighted by Crippen LogP contribution is -2.43. The van der Waals surface area contributed by atoms with Crippen LogP contribution in [0.25, 0.3) is 11.0 Å². The first-order valence-corrected chi connectivity index (χ1v) is 11.8. The molecule has 5 rings (SSSR count). The van der Waals surface area contributed by atoms with Gasteiger partial charge in [0.05, 0.1) is 31.9 Å². The first-order valence-electron chi connectivity index (χ1n) is 11.4. The van der Waals surface area contributed by atoms with E-state index in [-0.39, 0.29) is 11.3 Å². The SMILES string of the molecule is COc1cccc2cc(C(=O)C3=C(O)C(=O)N(CCN4CCOCC4)[C@@H]3c3ccc(Cl)cc3)oc12. The van der Waals surface area contributed by atoms with E-state index in [1.807, 2.05) is 0 Å². The quantitative estimate of drug-likeness (QED) is 0.494. The van der Waals surface area contributed by atoms with Gasteiger partial charge in [-0.1, -0.05) is 35.9 Å². The fourth-order valence-corrected chi connectivity index (χ4v) is 4.75. The van der Waals surface area contributed by atoms with Crippen molar-refractivity contribution < 1.29 is 28.6 Å². The van der Waals surface area contributed by atoms with Crippen LogP contribution in [0.3, 0.4) is 0 Å². The molecule has 1 atom stereocenters. The monoisotopic (exact) mass is 496 g/mol. The Hall–Kier alpha value is -3.33. The second-order valence-electron chi connectivity index (χ2n) is 8.49. The Morgan fingerprint density at radius 3 is 2.60 bits per heavy atom. The number of carbonyl (C=O) groups is 2. The second-order valence-corrected chi connectivity index (χ2v) is 8.92. The van der Waals surface area contributed by atoms with Gasteiger partial charge in [0.15, 0.2) is 22.9 Å². The van der Waals surface area contributed by atoms with Crippen molar-refractivity contribution in [3.63, 3.8) is 0 Å². The zero-order valence-electron chi connectivity index (χ0n) is 19.2. The van der Waals surface area contributed by atoms with Crippen LogP contribution in [0.4, 0.5) is 0 Å². The van der Waals surface area contributed by atoms with E-state index in [9.17, 15) is 14.7 Å². The molecule has 0 spiro atoms. The van der Waals surface area contributed by atoms with Crippen molar-refractivity contribution in [3.05, 3.63) is 76.2 Å². The molecule has 182 valence electrons. The minimum atomic E-state index is -0.775. The maximum Gasteiger partial charge on any atom is 0.290 e. The third-order valence-corrected chi connectivity index (χ3v) is 6.70. The number of aliphatic hydroxyl groups excluding tert-OH is 1. The Balaban J connectivity index is 1.51. The average Bonchev–Trinajstić information content (AvgIpc) is 3.43. The Morgan fingerprint density at radius 1 is 1.14 bits per heavy atom. The molecule has 2 aliphatic rings. The molecule has 1 aromatic heterocycles. The van der Waals surface area contributed by atoms with Gasteiger partial charge < -0.3 is 23.9 Å². The van der Waals surface area contributed by atoms with E-state index in [4.69, 9.17) is 25.5 Å². The summed E-state index contributed by atoms with van der Waals surface area (Å²) in [6.45, 7) is 3.73. The zero-order chi connectivity index (χ0) is 24.5. The van der Waals surface area contributed by atoms with Crippen LogP contribution in [0.2, 0.25) is 5.02 Å². The highest BCUT2D eigenvalue weighted by Crippen LogP contribution is 2.40. The van der Waals surface area contributed by atoms with Crippen molar-refractivity contribution in [1.29, 1.82) is 0 Å². The van der Waals surface area contributed by atoms with Crippen molar-refractivity contribution in [2.45, 2.75) is 6.04 Å². The Bertz CT molecular complexity index is 1290. The number of halogens is 1. The van der Waals surface area contributed by atoms with Gasteiger partial charge in [-0.15, -0.1) is 0 Å². The molecule has 1 fully saturated rings. The van der Waals surface area contributed by atoms with Gasteiger partial charge in [0.1, 0.15) is 0 Å². The fourth-order valence-electron chi connectivity index (χ4n) is 4.62. The predicted molar refractivity (Wildman–Crippen MR) is 130 cm³/mol. The zero-order valence-corrected chi connectivity index (χ0v) is 20.0. The molecule has 35 heavy (non-hydrogen) atoms. The van der Waals surface area contributed by atoms with Crippen LogP contribution in [0.1, 0.15) is 22.2 Å². The van der Waals surface area contributed by atoms with Gasteiger partial charge >= 0.3 is 0 Å². The number of fused-ring (bicyclic) bond motifs is 1. The summed E-state index contributed by atoms with van der Waals surface area (Å²) < 4.78 is 16.6. The van der Waals surface area contributed by atoms with E-state index in [1.54, 1.807) is 48.5 Å². The van der Waals surface area contributed by atoms with E-state index >= 15 is 0 Å². The molecule has 0 saturated carbocycles. The number of ketones is 1. The van der Waals surface area contributed by atoms with Crippen molar-refractivity contribution in [3.8, 4) is 5.75 Å². The van der Waals surface area contributed by atoms with Crippen molar-refractivity contribution in [2.75, 3.05) is 46.5 Å². The van der Waals surface area contributed by atoms with E-state index in [2.05, 4.69) is 4.90 Å². The molecule has 1 saturated heterocycles. The predicted octanol–water partition coefficient (Wildman–Crippen LogP) is 4.01. The number of benzene rings is 2. The minimum absolute atomic E-state index is 0.0164. The largest absolute Gasteiger partial charge is 0.503 e. The maximum absolute atomic E-state index is 13.7. The van der Waals surface area contributed by atoms with Crippen LogP contribution in [-0.2, 0) is 9.53 Å². The summed E-state index contributed by atoms with van der Waals surface area (Å²) in [4.78, 5) is 30.6. The third kappa shape index (κ3) is 4.40. The minimum Gasteiger partial charge on any atom is -0.503 e. The lowest BCUT2D eigenvalue weighted by Gasteiger charge is -2.31. The number of nitrogens with zero attached hydrogens (tertiary/aromatic N) is 2. The van der Waals surface area contributed by atoms with E-state index < -0.39 is 23.5 Å². The highest BCUT2D eigenvalue weighted by molar-refractivity contribution is 6.30. The molecule has 1 N–H and O–H groups in total. The molecule has 2 aromatic carbocycles. The molecule has 2 aliphatic heterocycles. The van der Waals surface area contributed by atoms with Crippen LogP contribution in [0, 0.1) is 0 Å². The summed E-state index contributed by atoms with van der Waals surface area (Å²) in [5, 5.41) is 12.1.